The number of nitrogens with one attached hydrogen (secondary N) is 3. The molecule has 0 spiro atoms. The van der Waals surface area contributed by atoms with Crippen molar-refractivity contribution < 1.29 is 14.6 Å². The molecule has 0 aliphatic carbocycles. The Hall–Kier alpha value is -7.00. The molecule has 0 unspecified atom stereocenters. The highest BCUT2D eigenvalue weighted by molar-refractivity contribution is 9.08. The summed E-state index contributed by atoms with van der Waals surface area (Å²) in [4.78, 5) is 62.5. The molecule has 0 bridgehead atoms. The number of pyridine rings is 4. The number of hydrogen-bond donors (Lipinski definition) is 4. The van der Waals surface area contributed by atoms with Crippen LogP contribution in [-0.4, -0.2) is 75.2 Å². The molecule has 0 aromatic carbocycles. The van der Waals surface area contributed by atoms with Crippen LogP contribution >= 0.6 is 39.9 Å². The van der Waals surface area contributed by atoms with Gasteiger partial charge in [0.2, 0.25) is 0 Å². The Morgan fingerprint density at radius 2 is 1.19 bits per heavy atom. The van der Waals surface area contributed by atoms with Gasteiger partial charge in [-0.15, -0.1) is 0 Å². The van der Waals surface area contributed by atoms with Gasteiger partial charge in [0.1, 0.15) is 22.6 Å². The number of aromatic nitrogens is 12. The molecule has 328 valence electrons. The minimum Gasteiger partial charge on any atom is -0.461 e. The summed E-state index contributed by atoms with van der Waals surface area (Å²) in [6, 6.07) is 26.1. The van der Waals surface area contributed by atoms with E-state index in [0.717, 1.165) is 50.7 Å². The van der Waals surface area contributed by atoms with Crippen LogP contribution in [0.5, 0.6) is 0 Å². The number of H-pyrrole nitrogens is 3. The quantitative estimate of drug-likeness (QED) is 0.0407. The maximum absolute atomic E-state index is 11.3. The van der Waals surface area contributed by atoms with Crippen LogP contribution in [0.3, 0.4) is 0 Å². The molecule has 10 aromatic heterocycles. The SMILES string of the molecule is BrCc1cn2ccccc2n1.CCOC(=O)c1cn2ccccc2n1.Cc1cc(=O)[nH]c(=S)[nH]1.Cc1cc(=O)[nH]c(SCc2cn3ccccc3n2)n1.OCc1cn2ccccc2n1. The number of rotatable bonds is 7. The lowest BCUT2D eigenvalue weighted by molar-refractivity contribution is 0.0520. The number of fused-ring (bicyclic) bond motifs is 4. The summed E-state index contributed by atoms with van der Waals surface area (Å²) in [7, 11) is 0. The van der Waals surface area contributed by atoms with Crippen molar-refractivity contribution in [3.05, 3.63) is 194 Å². The Balaban J connectivity index is 0.000000136. The largest absolute Gasteiger partial charge is 0.461 e. The molecule has 0 aliphatic heterocycles. The number of imidazole rings is 4. The van der Waals surface area contributed by atoms with E-state index in [0.29, 0.717) is 33.7 Å². The lowest BCUT2D eigenvalue weighted by atomic mass is 10.5. The van der Waals surface area contributed by atoms with E-state index in [9.17, 15) is 14.4 Å². The molecule has 10 heterocycles. The van der Waals surface area contributed by atoms with E-state index in [1.165, 1.54) is 23.9 Å². The molecular weight excluding hydrogens is 921 g/mol. The molecule has 10 aromatic rings. The van der Waals surface area contributed by atoms with Crippen molar-refractivity contribution in [2.45, 2.75) is 43.6 Å². The number of aromatic amines is 3. The van der Waals surface area contributed by atoms with Crippen LogP contribution in [0.1, 0.15) is 45.9 Å². The highest BCUT2D eigenvalue weighted by Crippen LogP contribution is 2.18. The molecule has 0 saturated carbocycles. The normalized spacial score (nSPS) is 10.5. The van der Waals surface area contributed by atoms with Crippen LogP contribution < -0.4 is 11.1 Å². The minimum absolute atomic E-state index is 0.00167. The lowest BCUT2D eigenvalue weighted by Gasteiger charge is -1.99. The van der Waals surface area contributed by atoms with E-state index in [1.54, 1.807) is 24.4 Å². The van der Waals surface area contributed by atoms with Gasteiger partial charge in [-0.1, -0.05) is 52.0 Å². The van der Waals surface area contributed by atoms with E-state index in [4.69, 9.17) is 9.84 Å². The second-order valence-electron chi connectivity index (χ2n) is 13.5. The van der Waals surface area contributed by atoms with Gasteiger partial charge in [0, 0.05) is 84.2 Å². The molecule has 17 nitrogen and oxygen atoms in total. The van der Waals surface area contributed by atoms with E-state index in [1.807, 2.05) is 136 Å². The minimum atomic E-state index is -0.379. The fourth-order valence-corrected chi connectivity index (χ4v) is 7.10. The molecule has 0 amide bonds. The molecule has 4 N–H and O–H groups in total. The van der Waals surface area contributed by atoms with Crippen molar-refractivity contribution in [1.29, 1.82) is 0 Å². The van der Waals surface area contributed by atoms with Crippen molar-refractivity contribution in [2.24, 2.45) is 0 Å². The Kier molecular flexibility index (Phi) is 16.6. The number of halogens is 1. The van der Waals surface area contributed by atoms with Crippen LogP contribution in [0.25, 0.3) is 22.6 Å². The third-order valence-corrected chi connectivity index (χ3v) is 10.2. The van der Waals surface area contributed by atoms with E-state index in [2.05, 4.69) is 68.0 Å². The smallest absolute Gasteiger partial charge is 0.358 e. The first kappa shape index (κ1) is 46.5. The van der Waals surface area contributed by atoms with Gasteiger partial charge in [-0.05, 0) is 81.5 Å². The van der Waals surface area contributed by atoms with Crippen LogP contribution in [-0.2, 0) is 22.4 Å². The molecule has 0 saturated heterocycles. The first-order valence-corrected chi connectivity index (χ1v) is 22.1. The Morgan fingerprint density at radius 3 is 1.67 bits per heavy atom. The number of aliphatic hydroxyl groups excluding tert-OH is 1. The standard InChI is InChI=1S/C13H12N4OS.C10H10N2O2.C8H7BrN2.C8H8N2O.C5H6N2OS/c1-9-6-12(18)16-13(14-9)19-8-10-7-17-5-3-2-4-11(17)15-10;1-2-14-10(13)8-7-12-6-4-3-5-9(12)11-8;9-5-7-6-11-4-2-1-3-8(11)10-7;11-6-7-5-10-4-2-1-3-8(10)9-7;1-3-2-4(8)7-5(9)6-3/h2-7H,8H2,1H3,(H,14,16,18);3-7H,2H2,1H3;1-4,6H,5H2;1-5,11H,6H2;2H,1H3,(H2,6,7,8,9). The van der Waals surface area contributed by atoms with Crippen molar-refractivity contribution in [1.82, 2.24) is 57.5 Å². The maximum Gasteiger partial charge on any atom is 0.358 e. The van der Waals surface area contributed by atoms with Gasteiger partial charge < -0.3 is 37.4 Å². The number of carbonyl (C=O) groups is 1. The molecule has 0 aliphatic rings. The van der Waals surface area contributed by atoms with Crippen LogP contribution in [0.15, 0.2) is 149 Å². The second-order valence-corrected chi connectivity index (χ2v) is 15.4. The van der Waals surface area contributed by atoms with E-state index >= 15 is 0 Å². The summed E-state index contributed by atoms with van der Waals surface area (Å²) in [5.41, 5.74) is 7.84. The third kappa shape index (κ3) is 13.5. The zero-order valence-corrected chi connectivity index (χ0v) is 38.0. The zero-order valence-electron chi connectivity index (χ0n) is 34.8. The van der Waals surface area contributed by atoms with Crippen molar-refractivity contribution in [2.75, 3.05) is 6.61 Å². The number of nitrogens with zero attached hydrogens (tertiary/aromatic N) is 9. The highest BCUT2D eigenvalue weighted by Gasteiger charge is 2.10. The van der Waals surface area contributed by atoms with Gasteiger partial charge in [0.25, 0.3) is 11.1 Å². The second kappa shape index (κ2) is 22.9. The van der Waals surface area contributed by atoms with Gasteiger partial charge in [-0.2, -0.15) is 0 Å². The van der Waals surface area contributed by atoms with E-state index in [-0.39, 0.29) is 23.7 Å². The van der Waals surface area contributed by atoms with Crippen LogP contribution in [0, 0.1) is 18.6 Å². The topological polar surface area (TPSA) is 210 Å². The van der Waals surface area contributed by atoms with Crippen molar-refractivity contribution in [3.8, 4) is 0 Å². The number of alkyl halides is 1. The summed E-state index contributed by atoms with van der Waals surface area (Å²) in [5, 5.41) is 10.2. The fraction of sp³-hybridized carbons (Fsp3) is 0.159. The summed E-state index contributed by atoms with van der Waals surface area (Å²) < 4.78 is 12.9. The molecule has 64 heavy (non-hydrogen) atoms. The summed E-state index contributed by atoms with van der Waals surface area (Å²) in [5.74, 6) is 0.296. The van der Waals surface area contributed by atoms with Crippen LogP contribution in [0.4, 0.5) is 0 Å². The number of carbonyl (C=O) groups excluding carboxylic acids is 1. The molecule has 10 rings (SSSR count). The first-order chi connectivity index (χ1) is 31.0. The molecule has 0 atom stereocenters. The number of aliphatic hydroxyl groups is 1. The fourth-order valence-electron chi connectivity index (χ4n) is 5.76. The Labute approximate surface area is 383 Å². The maximum atomic E-state index is 11.3. The number of esters is 1. The van der Waals surface area contributed by atoms with Gasteiger partial charge >= 0.3 is 5.97 Å². The third-order valence-electron chi connectivity index (χ3n) is 8.49. The van der Waals surface area contributed by atoms with Crippen molar-refractivity contribution in [3.63, 3.8) is 0 Å². The Bertz CT molecular complexity index is 3040. The van der Waals surface area contributed by atoms with Crippen molar-refractivity contribution >= 4 is 68.5 Å². The highest BCUT2D eigenvalue weighted by atomic mass is 79.9. The average molecular weight is 964 g/mol. The predicted octanol–water partition coefficient (Wildman–Crippen LogP) is 7.33. The number of ether oxygens (including phenoxy) is 1. The van der Waals surface area contributed by atoms with Gasteiger partial charge in [-0.3, -0.25) is 14.6 Å². The summed E-state index contributed by atoms with van der Waals surface area (Å²) >= 11 is 9.51. The molecule has 0 fully saturated rings. The number of aryl methyl sites for hydroxylation is 2. The molecule has 0 radical (unpaired) electrons. The summed E-state index contributed by atoms with van der Waals surface area (Å²) in [6.45, 7) is 5.73. The number of thioether (sulfide) groups is 1. The van der Waals surface area contributed by atoms with E-state index < -0.39 is 0 Å². The molecule has 20 heteroatoms. The van der Waals surface area contributed by atoms with Crippen LogP contribution in [0.2, 0.25) is 0 Å². The van der Waals surface area contributed by atoms with Gasteiger partial charge in [0.15, 0.2) is 15.6 Å². The molecular formula is C44H43BrN12O5S2. The Morgan fingerprint density at radius 1 is 0.688 bits per heavy atom. The lowest BCUT2D eigenvalue weighted by Crippen LogP contribution is -2.08. The number of hydrogen-bond acceptors (Lipinski definition) is 12. The average Bonchev–Trinajstić information content (AvgIpc) is 4.10. The first-order valence-electron chi connectivity index (χ1n) is 19.6. The monoisotopic (exact) mass is 962 g/mol. The summed E-state index contributed by atoms with van der Waals surface area (Å²) in [6.07, 6.45) is 15.2. The van der Waals surface area contributed by atoms with Gasteiger partial charge in [0.05, 0.1) is 30.3 Å². The predicted molar refractivity (Wildman–Crippen MR) is 251 cm³/mol. The zero-order chi connectivity index (χ0) is 45.4. The van der Waals surface area contributed by atoms with Gasteiger partial charge in [-0.25, -0.2) is 29.7 Å².